The number of ether oxygens (including phenoxy) is 2. The molecular formula is C29H29NO5. The van der Waals surface area contributed by atoms with Crippen molar-refractivity contribution in [3.05, 3.63) is 94.6 Å². The molecule has 1 heterocycles. The summed E-state index contributed by atoms with van der Waals surface area (Å²) in [6.07, 6.45) is 0.00745. The van der Waals surface area contributed by atoms with Crippen LogP contribution in [0.5, 0.6) is 11.5 Å². The number of amides is 1. The fraction of sp³-hybridized carbons (Fsp3) is 0.241. The molecule has 1 N–H and O–H groups in total. The van der Waals surface area contributed by atoms with E-state index >= 15 is 0 Å². The molecule has 0 aromatic heterocycles. The van der Waals surface area contributed by atoms with Gasteiger partial charge in [0.25, 0.3) is 11.7 Å². The second-order valence-electron chi connectivity index (χ2n) is 8.91. The number of nitrogens with zero attached hydrogens (tertiary/aromatic N) is 1. The standard InChI is InChI=1S/C29H29NO5/c1-17(2)35-23-13-11-20(12-14-23)26-25(27(31)21-10-9-18(3)19(4)15-21)28(32)29(33)30(26)22-7-6-8-24(16-22)34-5/h6-17,26,31H,1-5H3/b27-25+. The van der Waals surface area contributed by atoms with Crippen LogP contribution in [-0.2, 0) is 9.59 Å². The number of ketones is 1. The predicted molar refractivity (Wildman–Crippen MR) is 136 cm³/mol. The minimum absolute atomic E-state index is 0.00745. The molecule has 1 aliphatic rings. The van der Waals surface area contributed by atoms with Crippen LogP contribution in [0.3, 0.4) is 0 Å². The molecule has 180 valence electrons. The second kappa shape index (κ2) is 9.66. The van der Waals surface area contributed by atoms with Crippen molar-refractivity contribution in [1.29, 1.82) is 0 Å². The lowest BCUT2D eigenvalue weighted by atomic mass is 9.94. The third-order valence-electron chi connectivity index (χ3n) is 6.12. The highest BCUT2D eigenvalue weighted by molar-refractivity contribution is 6.51. The number of carbonyl (C=O) groups is 2. The second-order valence-corrected chi connectivity index (χ2v) is 8.91. The molecule has 0 radical (unpaired) electrons. The van der Waals surface area contributed by atoms with E-state index in [9.17, 15) is 14.7 Å². The summed E-state index contributed by atoms with van der Waals surface area (Å²) in [5.74, 6) is -0.425. The largest absolute Gasteiger partial charge is 0.507 e. The molecule has 6 nitrogen and oxygen atoms in total. The Morgan fingerprint density at radius 1 is 0.914 bits per heavy atom. The first-order chi connectivity index (χ1) is 16.7. The van der Waals surface area contributed by atoms with Gasteiger partial charge in [-0.2, -0.15) is 0 Å². The average molecular weight is 472 g/mol. The van der Waals surface area contributed by atoms with Crippen LogP contribution in [0.2, 0.25) is 0 Å². The van der Waals surface area contributed by atoms with Crippen molar-refractivity contribution in [3.8, 4) is 11.5 Å². The van der Waals surface area contributed by atoms with Crippen LogP contribution < -0.4 is 14.4 Å². The van der Waals surface area contributed by atoms with Crippen LogP contribution in [0.15, 0.2) is 72.3 Å². The molecule has 0 aliphatic carbocycles. The van der Waals surface area contributed by atoms with E-state index in [4.69, 9.17) is 9.47 Å². The maximum atomic E-state index is 13.3. The lowest BCUT2D eigenvalue weighted by molar-refractivity contribution is -0.132. The Morgan fingerprint density at radius 2 is 1.63 bits per heavy atom. The molecule has 1 saturated heterocycles. The number of anilines is 1. The highest BCUT2D eigenvalue weighted by Gasteiger charge is 2.47. The van der Waals surface area contributed by atoms with Gasteiger partial charge in [0.05, 0.1) is 24.8 Å². The number of hydrogen-bond donors (Lipinski definition) is 1. The summed E-state index contributed by atoms with van der Waals surface area (Å²) in [5, 5.41) is 11.3. The van der Waals surface area contributed by atoms with Gasteiger partial charge in [0.2, 0.25) is 0 Å². The Labute approximate surface area is 205 Å². The van der Waals surface area contributed by atoms with Gasteiger partial charge in [-0.3, -0.25) is 14.5 Å². The fourth-order valence-electron chi connectivity index (χ4n) is 4.22. The number of carbonyl (C=O) groups excluding carboxylic acids is 2. The fourth-order valence-corrected chi connectivity index (χ4v) is 4.22. The average Bonchev–Trinajstić information content (AvgIpc) is 3.11. The lowest BCUT2D eigenvalue weighted by Gasteiger charge is -2.26. The quantitative estimate of drug-likeness (QED) is 0.282. The SMILES string of the molecule is COc1cccc(N2C(=O)C(=O)/C(=C(/O)c3ccc(C)c(C)c3)C2c2ccc(OC(C)C)cc2)c1. The third kappa shape index (κ3) is 4.64. The van der Waals surface area contributed by atoms with Gasteiger partial charge in [0, 0.05) is 17.3 Å². The molecule has 0 spiro atoms. The van der Waals surface area contributed by atoms with E-state index in [-0.39, 0.29) is 17.4 Å². The maximum Gasteiger partial charge on any atom is 0.300 e. The third-order valence-corrected chi connectivity index (χ3v) is 6.12. The minimum Gasteiger partial charge on any atom is -0.507 e. The maximum absolute atomic E-state index is 13.3. The van der Waals surface area contributed by atoms with Crippen LogP contribution >= 0.6 is 0 Å². The van der Waals surface area contributed by atoms with E-state index in [1.807, 2.05) is 52.0 Å². The first-order valence-corrected chi connectivity index (χ1v) is 11.5. The molecule has 3 aromatic rings. The summed E-state index contributed by atoms with van der Waals surface area (Å²) in [5.41, 5.74) is 3.74. The van der Waals surface area contributed by atoms with Crippen molar-refractivity contribution in [3.63, 3.8) is 0 Å². The van der Waals surface area contributed by atoms with E-state index in [0.29, 0.717) is 28.3 Å². The highest BCUT2D eigenvalue weighted by atomic mass is 16.5. The first-order valence-electron chi connectivity index (χ1n) is 11.5. The van der Waals surface area contributed by atoms with Gasteiger partial charge in [-0.25, -0.2) is 0 Å². The predicted octanol–water partition coefficient (Wildman–Crippen LogP) is 5.73. The van der Waals surface area contributed by atoms with Gasteiger partial charge in [0.15, 0.2) is 0 Å². The van der Waals surface area contributed by atoms with Crippen LogP contribution in [0, 0.1) is 13.8 Å². The molecule has 4 rings (SSSR count). The number of rotatable bonds is 6. The van der Waals surface area contributed by atoms with Gasteiger partial charge in [0.1, 0.15) is 17.3 Å². The Hall–Kier alpha value is -4.06. The number of benzene rings is 3. The summed E-state index contributed by atoms with van der Waals surface area (Å²) in [7, 11) is 1.54. The van der Waals surface area contributed by atoms with Crippen LogP contribution in [0.1, 0.15) is 42.1 Å². The van der Waals surface area contributed by atoms with Gasteiger partial charge < -0.3 is 14.6 Å². The summed E-state index contributed by atoms with van der Waals surface area (Å²) in [6.45, 7) is 7.79. The van der Waals surface area contributed by atoms with E-state index < -0.39 is 17.7 Å². The molecule has 1 amide bonds. The summed E-state index contributed by atoms with van der Waals surface area (Å²) in [6, 6.07) is 18.8. The molecule has 35 heavy (non-hydrogen) atoms. The van der Waals surface area contributed by atoms with E-state index in [0.717, 1.165) is 11.1 Å². The van der Waals surface area contributed by atoms with Crippen LogP contribution in [-0.4, -0.2) is 30.0 Å². The van der Waals surface area contributed by atoms with Gasteiger partial charge in [-0.15, -0.1) is 0 Å². The van der Waals surface area contributed by atoms with E-state index in [1.165, 1.54) is 12.0 Å². The van der Waals surface area contributed by atoms with Crippen molar-refractivity contribution in [2.24, 2.45) is 0 Å². The molecule has 1 atom stereocenters. The van der Waals surface area contributed by atoms with Crippen molar-refractivity contribution in [2.45, 2.75) is 39.8 Å². The normalized spacial score (nSPS) is 17.2. The molecule has 1 aliphatic heterocycles. The van der Waals surface area contributed by atoms with Gasteiger partial charge in [-0.05, 0) is 74.7 Å². The summed E-state index contributed by atoms with van der Waals surface area (Å²) >= 11 is 0. The van der Waals surface area contributed by atoms with Crippen molar-refractivity contribution in [2.75, 3.05) is 12.0 Å². The lowest BCUT2D eigenvalue weighted by Crippen LogP contribution is -2.29. The Balaban J connectivity index is 1.91. The number of aryl methyl sites for hydroxylation is 2. The monoisotopic (exact) mass is 471 g/mol. The van der Waals surface area contributed by atoms with Crippen LogP contribution in [0.25, 0.3) is 5.76 Å². The number of aliphatic hydroxyl groups excluding tert-OH is 1. The molecule has 3 aromatic carbocycles. The zero-order valence-corrected chi connectivity index (χ0v) is 20.5. The summed E-state index contributed by atoms with van der Waals surface area (Å²) < 4.78 is 11.1. The molecule has 1 fully saturated rings. The van der Waals surface area contributed by atoms with E-state index in [2.05, 4.69) is 0 Å². The molecule has 0 bridgehead atoms. The number of hydrogen-bond acceptors (Lipinski definition) is 5. The first kappa shape index (κ1) is 24.1. The Bertz CT molecular complexity index is 1310. The minimum atomic E-state index is -0.822. The molecule has 1 unspecified atom stereocenters. The smallest absolute Gasteiger partial charge is 0.300 e. The zero-order chi connectivity index (χ0) is 25.3. The Morgan fingerprint density at radius 3 is 2.26 bits per heavy atom. The Kier molecular flexibility index (Phi) is 6.65. The molecular weight excluding hydrogens is 442 g/mol. The van der Waals surface area contributed by atoms with Gasteiger partial charge >= 0.3 is 0 Å². The topological polar surface area (TPSA) is 76.1 Å². The molecule has 0 saturated carbocycles. The molecule has 6 heteroatoms. The van der Waals surface area contributed by atoms with Crippen molar-refractivity contribution >= 4 is 23.1 Å². The van der Waals surface area contributed by atoms with Crippen molar-refractivity contribution < 1.29 is 24.2 Å². The van der Waals surface area contributed by atoms with Crippen LogP contribution in [0.4, 0.5) is 5.69 Å². The van der Waals surface area contributed by atoms with Gasteiger partial charge in [-0.1, -0.05) is 30.3 Å². The zero-order valence-electron chi connectivity index (χ0n) is 20.5. The highest BCUT2D eigenvalue weighted by Crippen LogP contribution is 2.43. The number of aliphatic hydroxyl groups is 1. The number of methoxy groups -OCH3 is 1. The number of Topliss-reactive ketones (excluding diaryl/α,β-unsaturated/α-hetero) is 1. The van der Waals surface area contributed by atoms with Crippen molar-refractivity contribution in [1.82, 2.24) is 0 Å². The summed E-state index contributed by atoms with van der Waals surface area (Å²) in [4.78, 5) is 28.1. The van der Waals surface area contributed by atoms with E-state index in [1.54, 1.807) is 42.5 Å².